The summed E-state index contributed by atoms with van der Waals surface area (Å²) in [5, 5.41) is 5.24. The maximum atomic E-state index is 13.5. The van der Waals surface area contributed by atoms with Gasteiger partial charge in [0.2, 0.25) is 5.91 Å². The van der Waals surface area contributed by atoms with Crippen LogP contribution in [0.2, 0.25) is 0 Å². The van der Waals surface area contributed by atoms with Gasteiger partial charge in [0.25, 0.3) is 0 Å². The molecule has 0 aliphatic rings. The largest absolute Gasteiger partial charge is 0.497 e. The molecule has 2 rings (SSSR count). The van der Waals surface area contributed by atoms with Crippen molar-refractivity contribution < 1.29 is 23.0 Å². The standard InChI is InChI=1S/C16H16F2N2O3/c1-22-11-4-6-14(15(8-11)23-2)20-16(21)9-19-13-5-3-10(17)7-12(13)18/h3-8,19H,9H2,1-2H3,(H,20,21). The smallest absolute Gasteiger partial charge is 0.243 e. The minimum atomic E-state index is -0.764. The van der Waals surface area contributed by atoms with Gasteiger partial charge >= 0.3 is 0 Å². The van der Waals surface area contributed by atoms with Crippen LogP contribution in [0.15, 0.2) is 36.4 Å². The summed E-state index contributed by atoms with van der Waals surface area (Å²) in [5.41, 5.74) is 0.503. The van der Waals surface area contributed by atoms with Crippen molar-refractivity contribution in [3.8, 4) is 11.5 Å². The molecule has 0 heterocycles. The Bertz CT molecular complexity index is 708. The fourth-order valence-electron chi connectivity index (χ4n) is 1.90. The summed E-state index contributed by atoms with van der Waals surface area (Å²) < 4.78 is 36.5. The van der Waals surface area contributed by atoms with Gasteiger partial charge in [-0.3, -0.25) is 4.79 Å². The van der Waals surface area contributed by atoms with Gasteiger partial charge in [0.1, 0.15) is 23.1 Å². The van der Waals surface area contributed by atoms with E-state index < -0.39 is 17.5 Å². The first kappa shape index (κ1) is 16.5. The zero-order chi connectivity index (χ0) is 16.8. The molecule has 2 aromatic rings. The number of rotatable bonds is 6. The van der Waals surface area contributed by atoms with Crippen molar-refractivity contribution >= 4 is 17.3 Å². The van der Waals surface area contributed by atoms with Gasteiger partial charge in [0.15, 0.2) is 0 Å². The van der Waals surface area contributed by atoms with Crippen LogP contribution in [-0.4, -0.2) is 26.7 Å². The van der Waals surface area contributed by atoms with E-state index in [0.29, 0.717) is 17.2 Å². The summed E-state index contributed by atoms with van der Waals surface area (Å²) in [4.78, 5) is 11.9. The van der Waals surface area contributed by atoms with Crippen molar-refractivity contribution in [3.05, 3.63) is 48.0 Å². The summed E-state index contributed by atoms with van der Waals surface area (Å²) in [5.74, 6) is -0.825. The monoisotopic (exact) mass is 322 g/mol. The number of hydrogen-bond donors (Lipinski definition) is 2. The molecular formula is C16H16F2N2O3. The van der Waals surface area contributed by atoms with E-state index in [0.717, 1.165) is 12.1 Å². The van der Waals surface area contributed by atoms with Crippen LogP contribution >= 0.6 is 0 Å². The van der Waals surface area contributed by atoms with Crippen molar-refractivity contribution in [2.45, 2.75) is 0 Å². The second kappa shape index (κ2) is 7.44. The van der Waals surface area contributed by atoms with Gasteiger partial charge in [-0.1, -0.05) is 0 Å². The highest BCUT2D eigenvalue weighted by atomic mass is 19.1. The van der Waals surface area contributed by atoms with Gasteiger partial charge < -0.3 is 20.1 Å². The maximum absolute atomic E-state index is 13.5. The molecule has 7 heteroatoms. The number of benzene rings is 2. The van der Waals surface area contributed by atoms with E-state index in [-0.39, 0.29) is 12.2 Å². The Morgan fingerprint density at radius 2 is 1.78 bits per heavy atom. The van der Waals surface area contributed by atoms with Crippen LogP contribution in [0.25, 0.3) is 0 Å². The van der Waals surface area contributed by atoms with Crippen LogP contribution in [0, 0.1) is 11.6 Å². The number of carbonyl (C=O) groups excluding carboxylic acids is 1. The number of anilines is 2. The lowest BCUT2D eigenvalue weighted by molar-refractivity contribution is -0.114. The molecule has 0 aliphatic heterocycles. The molecule has 0 bridgehead atoms. The molecular weight excluding hydrogens is 306 g/mol. The van der Waals surface area contributed by atoms with Gasteiger partial charge in [-0.05, 0) is 24.3 Å². The first-order valence-electron chi connectivity index (χ1n) is 6.74. The normalized spacial score (nSPS) is 10.1. The Morgan fingerprint density at radius 3 is 2.43 bits per heavy atom. The summed E-state index contributed by atoms with van der Waals surface area (Å²) in [6.45, 7) is -0.183. The molecule has 0 atom stereocenters. The third-order valence-corrected chi connectivity index (χ3v) is 3.05. The Labute approximate surface area is 132 Å². The summed E-state index contributed by atoms with van der Waals surface area (Å²) in [6, 6.07) is 8.01. The zero-order valence-corrected chi connectivity index (χ0v) is 12.7. The number of methoxy groups -OCH3 is 2. The SMILES string of the molecule is COc1ccc(NC(=O)CNc2ccc(F)cc2F)c(OC)c1. The van der Waals surface area contributed by atoms with Crippen LogP contribution < -0.4 is 20.1 Å². The van der Waals surface area contributed by atoms with Gasteiger partial charge in [-0.2, -0.15) is 0 Å². The Kier molecular flexibility index (Phi) is 5.35. The van der Waals surface area contributed by atoms with Gasteiger partial charge in [0, 0.05) is 12.1 Å². The van der Waals surface area contributed by atoms with Crippen molar-refractivity contribution in [2.24, 2.45) is 0 Å². The quantitative estimate of drug-likeness (QED) is 0.858. The molecule has 2 N–H and O–H groups in total. The van der Waals surface area contributed by atoms with E-state index in [1.54, 1.807) is 18.2 Å². The second-order valence-corrected chi connectivity index (χ2v) is 4.59. The predicted molar refractivity (Wildman–Crippen MR) is 83.0 cm³/mol. The highest BCUT2D eigenvalue weighted by Gasteiger charge is 2.10. The molecule has 0 aliphatic carbocycles. The minimum absolute atomic E-state index is 0.0447. The van der Waals surface area contributed by atoms with E-state index in [1.807, 2.05) is 0 Å². The van der Waals surface area contributed by atoms with E-state index in [2.05, 4.69) is 10.6 Å². The molecule has 5 nitrogen and oxygen atoms in total. The van der Waals surface area contributed by atoms with Gasteiger partial charge in [0.05, 0.1) is 32.1 Å². The Morgan fingerprint density at radius 1 is 1.04 bits per heavy atom. The van der Waals surface area contributed by atoms with Crippen molar-refractivity contribution in [2.75, 3.05) is 31.4 Å². The highest BCUT2D eigenvalue weighted by Crippen LogP contribution is 2.28. The summed E-state index contributed by atoms with van der Waals surface area (Å²) in [7, 11) is 2.99. The number of hydrogen-bond acceptors (Lipinski definition) is 4. The minimum Gasteiger partial charge on any atom is -0.497 e. The second-order valence-electron chi connectivity index (χ2n) is 4.59. The van der Waals surface area contributed by atoms with Gasteiger partial charge in [-0.15, -0.1) is 0 Å². The third kappa shape index (κ3) is 4.32. The summed E-state index contributed by atoms with van der Waals surface area (Å²) >= 11 is 0. The summed E-state index contributed by atoms with van der Waals surface area (Å²) in [6.07, 6.45) is 0. The molecule has 1 amide bonds. The van der Waals surface area contributed by atoms with E-state index in [1.165, 1.54) is 20.3 Å². The topological polar surface area (TPSA) is 59.6 Å². The van der Waals surface area contributed by atoms with Crippen molar-refractivity contribution in [1.29, 1.82) is 0 Å². The average molecular weight is 322 g/mol. The van der Waals surface area contributed by atoms with E-state index in [9.17, 15) is 13.6 Å². The molecule has 0 spiro atoms. The van der Waals surface area contributed by atoms with Crippen LogP contribution in [-0.2, 0) is 4.79 Å². The van der Waals surface area contributed by atoms with E-state index >= 15 is 0 Å². The lowest BCUT2D eigenvalue weighted by Gasteiger charge is -2.12. The number of nitrogens with one attached hydrogen (secondary N) is 2. The molecule has 0 aromatic heterocycles. The van der Waals surface area contributed by atoms with Gasteiger partial charge in [-0.25, -0.2) is 8.78 Å². The molecule has 2 aromatic carbocycles. The zero-order valence-electron chi connectivity index (χ0n) is 12.7. The molecule has 0 fully saturated rings. The number of amides is 1. The third-order valence-electron chi connectivity index (χ3n) is 3.05. The average Bonchev–Trinajstić information content (AvgIpc) is 2.54. The molecule has 122 valence electrons. The highest BCUT2D eigenvalue weighted by molar-refractivity contribution is 5.95. The Balaban J connectivity index is 1.99. The lowest BCUT2D eigenvalue weighted by Crippen LogP contribution is -2.22. The molecule has 0 radical (unpaired) electrons. The first-order chi connectivity index (χ1) is 11.0. The fourth-order valence-corrected chi connectivity index (χ4v) is 1.90. The predicted octanol–water partition coefficient (Wildman–Crippen LogP) is 3.03. The fraction of sp³-hybridized carbons (Fsp3) is 0.188. The van der Waals surface area contributed by atoms with Crippen molar-refractivity contribution in [1.82, 2.24) is 0 Å². The molecule has 0 unspecified atom stereocenters. The molecule has 0 saturated heterocycles. The van der Waals surface area contributed by atoms with Crippen LogP contribution in [0.1, 0.15) is 0 Å². The van der Waals surface area contributed by atoms with Crippen LogP contribution in [0.4, 0.5) is 20.2 Å². The maximum Gasteiger partial charge on any atom is 0.243 e. The van der Waals surface area contributed by atoms with Crippen LogP contribution in [0.3, 0.4) is 0 Å². The number of carbonyl (C=O) groups is 1. The first-order valence-corrected chi connectivity index (χ1v) is 6.74. The Hall–Kier alpha value is -2.83. The lowest BCUT2D eigenvalue weighted by atomic mass is 10.2. The van der Waals surface area contributed by atoms with Crippen LogP contribution in [0.5, 0.6) is 11.5 Å². The molecule has 0 saturated carbocycles. The molecule has 23 heavy (non-hydrogen) atoms. The van der Waals surface area contributed by atoms with Crippen molar-refractivity contribution in [3.63, 3.8) is 0 Å². The van der Waals surface area contributed by atoms with E-state index in [4.69, 9.17) is 9.47 Å². The number of halogens is 2. The number of ether oxygens (including phenoxy) is 2.